The first-order valence-corrected chi connectivity index (χ1v) is 8.18. The van der Waals surface area contributed by atoms with E-state index in [4.69, 9.17) is 0 Å². The minimum Gasteiger partial charge on any atom is -0.383 e. The number of thiazole rings is 1. The number of nitrogens with zero attached hydrogens (tertiary/aromatic N) is 4. The van der Waals surface area contributed by atoms with Crippen molar-refractivity contribution >= 4 is 32.9 Å². The van der Waals surface area contributed by atoms with E-state index >= 15 is 0 Å². The van der Waals surface area contributed by atoms with Gasteiger partial charge in [0.1, 0.15) is 0 Å². The molecule has 3 heterocycles. The molecule has 4 rings (SSSR count). The second kappa shape index (κ2) is 5.51. The van der Waals surface area contributed by atoms with Gasteiger partial charge in [0, 0.05) is 18.4 Å². The minimum absolute atomic E-state index is 0.115. The van der Waals surface area contributed by atoms with Gasteiger partial charge >= 0.3 is 5.69 Å². The Kier molecular flexibility index (Phi) is 3.34. The van der Waals surface area contributed by atoms with Gasteiger partial charge in [0.15, 0.2) is 5.65 Å². The Hall–Kier alpha value is -2.67. The lowest BCUT2D eigenvalue weighted by Crippen LogP contribution is -2.24. The molecule has 23 heavy (non-hydrogen) atoms. The average Bonchev–Trinajstić information content (AvgIpc) is 3.07. The zero-order chi connectivity index (χ0) is 15.8. The summed E-state index contributed by atoms with van der Waals surface area (Å²) in [7, 11) is 0. The maximum atomic E-state index is 12.2. The number of hydrogen-bond acceptors (Lipinski definition) is 5. The van der Waals surface area contributed by atoms with Crippen LogP contribution >= 0.6 is 11.3 Å². The van der Waals surface area contributed by atoms with Crippen LogP contribution in [0.15, 0.2) is 47.4 Å². The Labute approximate surface area is 136 Å². The smallest absolute Gasteiger partial charge is 0.350 e. The van der Waals surface area contributed by atoms with Gasteiger partial charge in [-0.3, -0.25) is 4.40 Å². The molecule has 6 nitrogen and oxygen atoms in total. The van der Waals surface area contributed by atoms with Gasteiger partial charge in [-0.05, 0) is 37.3 Å². The van der Waals surface area contributed by atoms with Crippen molar-refractivity contribution in [1.29, 1.82) is 0 Å². The highest BCUT2D eigenvalue weighted by Gasteiger charge is 2.06. The molecule has 4 aromatic rings. The summed E-state index contributed by atoms with van der Waals surface area (Å²) in [6, 6.07) is 11.6. The summed E-state index contributed by atoms with van der Waals surface area (Å²) in [6.45, 7) is 3.15. The van der Waals surface area contributed by atoms with Crippen molar-refractivity contribution in [2.45, 2.75) is 13.5 Å². The van der Waals surface area contributed by atoms with Crippen LogP contribution in [-0.2, 0) is 6.54 Å². The normalized spacial score (nSPS) is 11.3. The zero-order valence-electron chi connectivity index (χ0n) is 12.6. The van der Waals surface area contributed by atoms with Gasteiger partial charge in [0.25, 0.3) is 0 Å². The molecule has 1 aromatic carbocycles. The molecule has 0 aliphatic rings. The first-order chi connectivity index (χ1) is 11.2. The molecule has 0 unspecified atom stereocenters. The standard InChI is InChI=1S/C16H15N5OS/c1-11-18-13-6-5-12(10-14(13)23-11)17-7-9-21-16(22)20-8-3-2-4-15(20)19-21/h2-6,8,10,17H,7,9H2,1H3. The molecule has 0 aliphatic heterocycles. The number of benzene rings is 1. The first-order valence-electron chi connectivity index (χ1n) is 7.36. The predicted molar refractivity (Wildman–Crippen MR) is 92.3 cm³/mol. The maximum Gasteiger partial charge on any atom is 0.350 e. The van der Waals surface area contributed by atoms with Crippen LogP contribution in [0, 0.1) is 6.92 Å². The number of nitrogens with one attached hydrogen (secondary N) is 1. The first kappa shape index (κ1) is 14.0. The van der Waals surface area contributed by atoms with Crippen LogP contribution in [0.3, 0.4) is 0 Å². The van der Waals surface area contributed by atoms with Crippen LogP contribution in [0.4, 0.5) is 5.69 Å². The van der Waals surface area contributed by atoms with E-state index in [2.05, 4.69) is 21.5 Å². The number of anilines is 1. The zero-order valence-corrected chi connectivity index (χ0v) is 13.4. The van der Waals surface area contributed by atoms with Crippen LogP contribution in [-0.4, -0.2) is 25.7 Å². The van der Waals surface area contributed by atoms with Crippen molar-refractivity contribution in [3.8, 4) is 0 Å². The van der Waals surface area contributed by atoms with Gasteiger partial charge in [0.05, 0.1) is 21.8 Å². The molecule has 0 fully saturated rings. The maximum absolute atomic E-state index is 12.2. The Bertz CT molecular complexity index is 1050. The van der Waals surface area contributed by atoms with Gasteiger partial charge in [-0.2, -0.15) is 0 Å². The Morgan fingerprint density at radius 3 is 3.04 bits per heavy atom. The summed E-state index contributed by atoms with van der Waals surface area (Å²) >= 11 is 1.68. The predicted octanol–water partition coefficient (Wildman–Crippen LogP) is 2.53. The van der Waals surface area contributed by atoms with Crippen LogP contribution in [0.2, 0.25) is 0 Å². The van der Waals surface area contributed by atoms with Crippen molar-refractivity contribution in [2.24, 2.45) is 0 Å². The van der Waals surface area contributed by atoms with Gasteiger partial charge in [-0.15, -0.1) is 16.4 Å². The van der Waals surface area contributed by atoms with Gasteiger partial charge < -0.3 is 5.32 Å². The lowest BCUT2D eigenvalue weighted by Gasteiger charge is -2.05. The second-order valence-corrected chi connectivity index (χ2v) is 6.51. The fourth-order valence-corrected chi connectivity index (χ4v) is 3.44. The second-order valence-electron chi connectivity index (χ2n) is 5.28. The summed E-state index contributed by atoms with van der Waals surface area (Å²) in [6.07, 6.45) is 1.73. The molecule has 0 bridgehead atoms. The third-order valence-electron chi connectivity index (χ3n) is 3.64. The van der Waals surface area contributed by atoms with E-state index in [1.54, 1.807) is 21.9 Å². The summed E-state index contributed by atoms with van der Waals surface area (Å²) in [5, 5.41) is 8.72. The van der Waals surface area contributed by atoms with E-state index in [1.807, 2.05) is 37.3 Å². The SMILES string of the molecule is Cc1nc2ccc(NCCn3nc4ccccn4c3=O)cc2s1. The summed E-state index contributed by atoms with van der Waals surface area (Å²) in [5.41, 5.74) is 2.60. The van der Waals surface area contributed by atoms with Crippen molar-refractivity contribution in [1.82, 2.24) is 19.2 Å². The number of pyridine rings is 1. The minimum atomic E-state index is -0.115. The third kappa shape index (κ3) is 2.59. The van der Waals surface area contributed by atoms with Crippen molar-refractivity contribution < 1.29 is 0 Å². The van der Waals surface area contributed by atoms with Crippen molar-refractivity contribution in [3.63, 3.8) is 0 Å². The van der Waals surface area contributed by atoms with Gasteiger partial charge in [-0.25, -0.2) is 14.5 Å². The molecular weight excluding hydrogens is 310 g/mol. The summed E-state index contributed by atoms with van der Waals surface area (Å²) < 4.78 is 4.20. The fourth-order valence-electron chi connectivity index (χ4n) is 2.57. The number of hydrogen-bond donors (Lipinski definition) is 1. The van der Waals surface area contributed by atoms with Crippen LogP contribution in [0.5, 0.6) is 0 Å². The van der Waals surface area contributed by atoms with E-state index in [0.29, 0.717) is 18.7 Å². The van der Waals surface area contributed by atoms with Crippen molar-refractivity contribution in [2.75, 3.05) is 11.9 Å². The lowest BCUT2D eigenvalue weighted by molar-refractivity contribution is 0.614. The Balaban J connectivity index is 1.49. The van der Waals surface area contributed by atoms with Crippen LogP contribution in [0.25, 0.3) is 15.9 Å². The molecule has 7 heteroatoms. The monoisotopic (exact) mass is 325 g/mol. The summed E-state index contributed by atoms with van der Waals surface area (Å²) in [5.74, 6) is 0. The molecule has 3 aromatic heterocycles. The van der Waals surface area contributed by atoms with Crippen molar-refractivity contribution in [3.05, 3.63) is 58.1 Å². The molecule has 1 N–H and O–H groups in total. The fraction of sp³-hybridized carbons (Fsp3) is 0.188. The van der Waals surface area contributed by atoms with Crippen LogP contribution in [0.1, 0.15) is 5.01 Å². The number of aromatic nitrogens is 4. The largest absolute Gasteiger partial charge is 0.383 e. The molecule has 0 saturated heterocycles. The highest BCUT2D eigenvalue weighted by molar-refractivity contribution is 7.18. The van der Waals surface area contributed by atoms with E-state index in [9.17, 15) is 4.79 Å². The lowest BCUT2D eigenvalue weighted by atomic mass is 10.3. The number of fused-ring (bicyclic) bond motifs is 2. The highest BCUT2D eigenvalue weighted by Crippen LogP contribution is 2.24. The average molecular weight is 325 g/mol. The third-order valence-corrected chi connectivity index (χ3v) is 4.57. The Morgan fingerprint density at radius 1 is 1.26 bits per heavy atom. The molecule has 0 amide bonds. The Morgan fingerprint density at radius 2 is 2.17 bits per heavy atom. The highest BCUT2D eigenvalue weighted by atomic mass is 32.1. The molecular formula is C16H15N5OS. The number of rotatable bonds is 4. The van der Waals surface area contributed by atoms with Crippen LogP contribution < -0.4 is 11.0 Å². The van der Waals surface area contributed by atoms with Gasteiger partial charge in [-0.1, -0.05) is 6.07 Å². The van der Waals surface area contributed by atoms with E-state index < -0.39 is 0 Å². The van der Waals surface area contributed by atoms with E-state index in [1.165, 1.54) is 4.68 Å². The van der Waals surface area contributed by atoms with E-state index in [0.717, 1.165) is 20.9 Å². The molecule has 0 saturated carbocycles. The molecule has 0 radical (unpaired) electrons. The molecule has 0 aliphatic carbocycles. The quantitative estimate of drug-likeness (QED) is 0.626. The summed E-state index contributed by atoms with van der Waals surface area (Å²) in [4.78, 5) is 16.6. The molecule has 0 atom stereocenters. The van der Waals surface area contributed by atoms with E-state index in [-0.39, 0.29) is 5.69 Å². The number of aryl methyl sites for hydroxylation is 1. The topological polar surface area (TPSA) is 64.2 Å². The molecule has 0 spiro atoms. The molecule has 116 valence electrons. The van der Waals surface area contributed by atoms with Gasteiger partial charge in [0.2, 0.25) is 0 Å².